The van der Waals surface area contributed by atoms with Crippen molar-refractivity contribution in [3.63, 3.8) is 0 Å². The van der Waals surface area contributed by atoms with Crippen LogP contribution in [0.15, 0.2) is 36.4 Å². The molecule has 0 bridgehead atoms. The largest absolute Gasteiger partial charge is 0.338 e. The molecule has 0 radical (unpaired) electrons. The van der Waals surface area contributed by atoms with Gasteiger partial charge in [0.2, 0.25) is 5.95 Å². The summed E-state index contributed by atoms with van der Waals surface area (Å²) in [5.41, 5.74) is 2.39. The Balaban J connectivity index is 1.73. The minimum absolute atomic E-state index is 0.0761. The Morgan fingerprint density at radius 2 is 1.81 bits per heavy atom. The maximum atomic E-state index is 12.8. The van der Waals surface area contributed by atoms with Gasteiger partial charge in [-0.3, -0.25) is 4.79 Å². The van der Waals surface area contributed by atoms with Crippen LogP contribution in [0.2, 0.25) is 0 Å². The van der Waals surface area contributed by atoms with E-state index >= 15 is 0 Å². The van der Waals surface area contributed by atoms with E-state index in [1.54, 1.807) is 11.0 Å². The number of rotatable bonds is 5. The summed E-state index contributed by atoms with van der Waals surface area (Å²) in [6, 6.07) is 11.8. The van der Waals surface area contributed by atoms with Crippen molar-refractivity contribution in [1.29, 1.82) is 0 Å². The molecule has 1 aliphatic rings. The van der Waals surface area contributed by atoms with Crippen LogP contribution in [0, 0.1) is 6.92 Å². The number of aryl methyl sites for hydroxylation is 1. The predicted octanol–water partition coefficient (Wildman–Crippen LogP) is 2.20. The lowest BCUT2D eigenvalue weighted by molar-refractivity contribution is 0.0779. The van der Waals surface area contributed by atoms with Gasteiger partial charge >= 0.3 is 0 Å². The van der Waals surface area contributed by atoms with Gasteiger partial charge in [0.15, 0.2) is 0 Å². The van der Waals surface area contributed by atoms with E-state index in [9.17, 15) is 4.79 Å². The molecule has 2 heterocycles. The van der Waals surface area contributed by atoms with E-state index < -0.39 is 0 Å². The highest BCUT2D eigenvalue weighted by atomic mass is 16.2. The lowest BCUT2D eigenvalue weighted by atomic mass is 10.2. The lowest BCUT2D eigenvalue weighted by Crippen LogP contribution is -2.47. The van der Waals surface area contributed by atoms with Gasteiger partial charge in [0.25, 0.3) is 5.91 Å². The average molecular weight is 353 g/mol. The number of anilines is 1. The summed E-state index contributed by atoms with van der Waals surface area (Å²) in [5, 5.41) is 0. The van der Waals surface area contributed by atoms with E-state index in [-0.39, 0.29) is 5.91 Å². The fourth-order valence-corrected chi connectivity index (χ4v) is 3.19. The summed E-state index contributed by atoms with van der Waals surface area (Å²) in [6.45, 7) is 9.52. The number of carbonyl (C=O) groups is 1. The molecule has 2 aromatic rings. The number of carbonyl (C=O) groups excluding carboxylic acids is 1. The lowest BCUT2D eigenvalue weighted by Gasteiger charge is -2.34. The second-order valence-electron chi connectivity index (χ2n) is 6.76. The second kappa shape index (κ2) is 8.27. The first-order chi connectivity index (χ1) is 12.6. The molecule has 1 aromatic heterocycles. The first-order valence-electron chi connectivity index (χ1n) is 9.19. The zero-order chi connectivity index (χ0) is 18.5. The molecule has 1 aliphatic heterocycles. The molecule has 0 spiro atoms. The number of likely N-dealkylation sites (N-methyl/N-ethyl adjacent to an activating group) is 1. The van der Waals surface area contributed by atoms with Gasteiger partial charge in [-0.1, -0.05) is 37.3 Å². The number of amides is 1. The highest BCUT2D eigenvalue weighted by Gasteiger charge is 2.21. The van der Waals surface area contributed by atoms with Crippen molar-refractivity contribution in [3.8, 4) is 0 Å². The van der Waals surface area contributed by atoms with Crippen LogP contribution in [0.3, 0.4) is 0 Å². The minimum atomic E-state index is -0.0761. The Bertz CT molecular complexity index is 741. The van der Waals surface area contributed by atoms with Crippen LogP contribution in [-0.2, 0) is 6.54 Å². The smallest absolute Gasteiger partial charge is 0.272 e. The van der Waals surface area contributed by atoms with Crippen LogP contribution in [0.25, 0.3) is 0 Å². The van der Waals surface area contributed by atoms with Crippen LogP contribution in [0.1, 0.15) is 28.7 Å². The maximum Gasteiger partial charge on any atom is 0.272 e. The minimum Gasteiger partial charge on any atom is -0.338 e. The molecule has 0 aliphatic carbocycles. The van der Waals surface area contributed by atoms with Crippen molar-refractivity contribution < 1.29 is 4.79 Å². The van der Waals surface area contributed by atoms with Gasteiger partial charge < -0.3 is 14.7 Å². The topological polar surface area (TPSA) is 52.6 Å². The summed E-state index contributed by atoms with van der Waals surface area (Å²) >= 11 is 0. The van der Waals surface area contributed by atoms with E-state index in [0.29, 0.717) is 18.2 Å². The average Bonchev–Trinajstić information content (AvgIpc) is 2.67. The Kier molecular flexibility index (Phi) is 5.83. The molecule has 1 aromatic carbocycles. The Morgan fingerprint density at radius 1 is 1.12 bits per heavy atom. The van der Waals surface area contributed by atoms with Crippen molar-refractivity contribution in [1.82, 2.24) is 19.8 Å². The third-order valence-electron chi connectivity index (χ3n) is 4.77. The van der Waals surface area contributed by atoms with Crippen molar-refractivity contribution in [2.45, 2.75) is 20.4 Å². The first-order valence-corrected chi connectivity index (χ1v) is 9.19. The predicted molar refractivity (Wildman–Crippen MR) is 103 cm³/mol. The third kappa shape index (κ3) is 4.38. The van der Waals surface area contributed by atoms with E-state index in [0.717, 1.165) is 44.0 Å². The summed E-state index contributed by atoms with van der Waals surface area (Å²) in [4.78, 5) is 28.3. The zero-order valence-electron chi connectivity index (χ0n) is 15.9. The summed E-state index contributed by atoms with van der Waals surface area (Å²) < 4.78 is 0. The molecule has 0 unspecified atom stereocenters. The molecule has 3 rings (SSSR count). The normalized spacial score (nSPS) is 15.1. The third-order valence-corrected chi connectivity index (χ3v) is 4.77. The van der Waals surface area contributed by atoms with Gasteiger partial charge in [-0.05, 0) is 25.1 Å². The van der Waals surface area contributed by atoms with Crippen LogP contribution in [0.5, 0.6) is 0 Å². The Hall–Kier alpha value is -2.47. The summed E-state index contributed by atoms with van der Waals surface area (Å²) in [7, 11) is 1.81. The molecular weight excluding hydrogens is 326 g/mol. The summed E-state index contributed by atoms with van der Waals surface area (Å²) in [6.07, 6.45) is 0. The molecule has 6 nitrogen and oxygen atoms in total. The van der Waals surface area contributed by atoms with E-state index in [2.05, 4.69) is 26.7 Å². The van der Waals surface area contributed by atoms with Crippen LogP contribution >= 0.6 is 0 Å². The van der Waals surface area contributed by atoms with Gasteiger partial charge in [0, 0.05) is 45.5 Å². The molecule has 0 N–H and O–H groups in total. The van der Waals surface area contributed by atoms with Gasteiger partial charge in [0.05, 0.1) is 0 Å². The van der Waals surface area contributed by atoms with Crippen molar-refractivity contribution in [2.24, 2.45) is 0 Å². The Labute approximate surface area is 155 Å². The molecule has 1 saturated heterocycles. The number of aromatic nitrogens is 2. The SMILES string of the molecule is CCN1CCN(c2nc(C)cc(C(=O)N(C)Cc3ccccc3)n2)CC1. The standard InChI is InChI=1S/C20H27N5O/c1-4-24-10-12-25(13-11-24)20-21-16(2)14-18(22-20)19(26)23(3)15-17-8-6-5-7-9-17/h5-9,14H,4,10-13,15H2,1-3H3. The molecule has 1 fully saturated rings. The molecule has 138 valence electrons. The zero-order valence-corrected chi connectivity index (χ0v) is 15.9. The van der Waals surface area contributed by atoms with Gasteiger partial charge in [-0.2, -0.15) is 0 Å². The monoisotopic (exact) mass is 353 g/mol. The first kappa shape index (κ1) is 18.3. The number of hydrogen-bond donors (Lipinski definition) is 0. The fourth-order valence-electron chi connectivity index (χ4n) is 3.19. The molecule has 0 atom stereocenters. The van der Waals surface area contributed by atoms with Crippen molar-refractivity contribution in [3.05, 3.63) is 53.3 Å². The van der Waals surface area contributed by atoms with E-state index in [1.165, 1.54) is 0 Å². The Morgan fingerprint density at radius 3 is 2.46 bits per heavy atom. The van der Waals surface area contributed by atoms with E-state index in [4.69, 9.17) is 0 Å². The number of benzene rings is 1. The summed E-state index contributed by atoms with van der Waals surface area (Å²) in [5.74, 6) is 0.588. The maximum absolute atomic E-state index is 12.8. The molecule has 0 saturated carbocycles. The van der Waals surface area contributed by atoms with Gasteiger partial charge in [-0.25, -0.2) is 9.97 Å². The number of piperazine rings is 1. The van der Waals surface area contributed by atoms with Gasteiger partial charge in [0.1, 0.15) is 5.69 Å². The quantitative estimate of drug-likeness (QED) is 0.825. The van der Waals surface area contributed by atoms with Crippen LogP contribution < -0.4 is 4.90 Å². The second-order valence-corrected chi connectivity index (χ2v) is 6.76. The highest BCUT2D eigenvalue weighted by Crippen LogP contribution is 2.15. The van der Waals surface area contributed by atoms with Crippen LogP contribution in [0.4, 0.5) is 5.95 Å². The number of hydrogen-bond acceptors (Lipinski definition) is 5. The fraction of sp³-hybridized carbons (Fsp3) is 0.450. The molecule has 6 heteroatoms. The van der Waals surface area contributed by atoms with Gasteiger partial charge in [-0.15, -0.1) is 0 Å². The molecular formula is C20H27N5O. The van der Waals surface area contributed by atoms with Crippen LogP contribution in [-0.4, -0.2) is 65.4 Å². The molecule has 26 heavy (non-hydrogen) atoms. The number of nitrogens with zero attached hydrogens (tertiary/aromatic N) is 5. The highest BCUT2D eigenvalue weighted by molar-refractivity contribution is 5.92. The van der Waals surface area contributed by atoms with E-state index in [1.807, 2.05) is 44.3 Å². The molecule has 1 amide bonds. The van der Waals surface area contributed by atoms with Crippen molar-refractivity contribution >= 4 is 11.9 Å². The van der Waals surface area contributed by atoms with Crippen molar-refractivity contribution in [2.75, 3.05) is 44.7 Å².